The van der Waals surface area contributed by atoms with Crippen LogP contribution in [0, 0.1) is 11.8 Å². The molecule has 0 saturated carbocycles. The van der Waals surface area contributed by atoms with E-state index in [0.717, 1.165) is 24.0 Å². The van der Waals surface area contributed by atoms with Gasteiger partial charge in [-0.2, -0.15) is 0 Å². The van der Waals surface area contributed by atoms with E-state index in [4.69, 9.17) is 18.9 Å². The minimum atomic E-state index is -0.00843. The Morgan fingerprint density at radius 3 is 1.75 bits per heavy atom. The third-order valence-corrected chi connectivity index (χ3v) is 5.74. The lowest BCUT2D eigenvalue weighted by molar-refractivity contribution is 0.326. The van der Waals surface area contributed by atoms with Crippen LogP contribution in [0.25, 0.3) is 11.1 Å². The Morgan fingerprint density at radius 1 is 0.714 bits per heavy atom. The molecule has 1 aliphatic carbocycles. The maximum atomic E-state index is 11.2. The molecule has 1 aliphatic rings. The summed E-state index contributed by atoms with van der Waals surface area (Å²) in [7, 11) is 6.05. The van der Waals surface area contributed by atoms with E-state index in [1.165, 1.54) is 21.3 Å². The first-order valence-electron chi connectivity index (χ1n) is 9.31. The topological polar surface area (TPSA) is 77.4 Å². The molecular formula is C22H28O6. The van der Waals surface area contributed by atoms with Crippen molar-refractivity contribution in [1.82, 2.24) is 0 Å². The zero-order valence-corrected chi connectivity index (χ0v) is 17.3. The Balaban J connectivity index is 2.47. The third-order valence-electron chi connectivity index (χ3n) is 5.74. The van der Waals surface area contributed by atoms with E-state index in [1.807, 2.05) is 6.07 Å². The Hall–Kier alpha value is -2.76. The fraction of sp³-hybridized carbons (Fsp3) is 0.455. The van der Waals surface area contributed by atoms with E-state index < -0.39 is 0 Å². The number of phenolic OH excluding ortho intramolecular Hbond substituents is 2. The van der Waals surface area contributed by atoms with Gasteiger partial charge in [-0.3, -0.25) is 0 Å². The summed E-state index contributed by atoms with van der Waals surface area (Å²) in [5, 5.41) is 21.6. The third kappa shape index (κ3) is 3.07. The average Bonchev–Trinajstić information content (AvgIpc) is 2.67. The molecule has 3 rings (SSSR count). The molecule has 0 radical (unpaired) electrons. The van der Waals surface area contributed by atoms with Gasteiger partial charge < -0.3 is 29.2 Å². The number of aromatic hydroxyl groups is 2. The van der Waals surface area contributed by atoms with Crippen molar-refractivity contribution in [3.05, 3.63) is 23.3 Å². The van der Waals surface area contributed by atoms with Gasteiger partial charge in [0.25, 0.3) is 0 Å². The van der Waals surface area contributed by atoms with Crippen LogP contribution >= 0.6 is 0 Å². The minimum Gasteiger partial charge on any atom is -0.504 e. The van der Waals surface area contributed by atoms with E-state index in [2.05, 4.69) is 13.8 Å². The zero-order valence-electron chi connectivity index (χ0n) is 17.3. The maximum absolute atomic E-state index is 11.2. The van der Waals surface area contributed by atoms with Gasteiger partial charge in [-0.1, -0.05) is 13.8 Å². The Labute approximate surface area is 165 Å². The van der Waals surface area contributed by atoms with Crippen molar-refractivity contribution in [2.45, 2.75) is 26.7 Å². The first-order chi connectivity index (χ1) is 13.4. The van der Waals surface area contributed by atoms with Gasteiger partial charge in [0.2, 0.25) is 11.5 Å². The molecule has 0 fully saturated rings. The second kappa shape index (κ2) is 7.70. The molecule has 28 heavy (non-hydrogen) atoms. The number of hydrogen-bond donors (Lipinski definition) is 2. The molecule has 0 amide bonds. The van der Waals surface area contributed by atoms with Crippen LogP contribution in [0.3, 0.4) is 0 Å². The lowest BCUT2D eigenvalue weighted by atomic mass is 9.77. The van der Waals surface area contributed by atoms with Gasteiger partial charge in [-0.15, -0.1) is 0 Å². The molecule has 0 spiro atoms. The summed E-state index contributed by atoms with van der Waals surface area (Å²) in [6.07, 6.45) is 1.49. The van der Waals surface area contributed by atoms with Gasteiger partial charge in [0.05, 0.1) is 28.4 Å². The van der Waals surface area contributed by atoms with Gasteiger partial charge in [-0.25, -0.2) is 0 Å². The van der Waals surface area contributed by atoms with Gasteiger partial charge >= 0.3 is 0 Å². The van der Waals surface area contributed by atoms with Crippen molar-refractivity contribution in [1.29, 1.82) is 0 Å². The molecule has 0 aliphatic heterocycles. The van der Waals surface area contributed by atoms with Crippen LogP contribution in [0.1, 0.15) is 25.0 Å². The van der Waals surface area contributed by atoms with Crippen LogP contribution in [-0.4, -0.2) is 38.7 Å². The van der Waals surface area contributed by atoms with Crippen LogP contribution in [0.15, 0.2) is 12.1 Å². The van der Waals surface area contributed by atoms with Crippen LogP contribution in [0.4, 0.5) is 0 Å². The van der Waals surface area contributed by atoms with Gasteiger partial charge in [0.15, 0.2) is 23.0 Å². The molecule has 0 heterocycles. The second-order valence-corrected chi connectivity index (χ2v) is 7.35. The normalized spacial score (nSPS) is 18.4. The molecule has 152 valence electrons. The van der Waals surface area contributed by atoms with Crippen molar-refractivity contribution in [2.24, 2.45) is 11.8 Å². The highest BCUT2D eigenvalue weighted by Crippen LogP contribution is 2.55. The first kappa shape index (κ1) is 20.0. The van der Waals surface area contributed by atoms with Crippen LogP contribution < -0.4 is 18.9 Å². The van der Waals surface area contributed by atoms with Crippen LogP contribution in [0.5, 0.6) is 34.5 Å². The second-order valence-electron chi connectivity index (χ2n) is 7.35. The summed E-state index contributed by atoms with van der Waals surface area (Å²) in [6, 6.07) is 3.61. The maximum Gasteiger partial charge on any atom is 0.203 e. The number of methoxy groups -OCH3 is 4. The van der Waals surface area contributed by atoms with Gasteiger partial charge in [0, 0.05) is 11.1 Å². The summed E-state index contributed by atoms with van der Waals surface area (Å²) in [6.45, 7) is 4.38. The molecule has 6 nitrogen and oxygen atoms in total. The molecular weight excluding hydrogens is 360 g/mol. The van der Waals surface area contributed by atoms with E-state index in [9.17, 15) is 10.2 Å². The van der Waals surface area contributed by atoms with Crippen molar-refractivity contribution in [3.8, 4) is 45.6 Å². The molecule has 2 atom stereocenters. The van der Waals surface area contributed by atoms with Crippen molar-refractivity contribution < 1.29 is 29.2 Å². The number of phenols is 2. The molecule has 0 bridgehead atoms. The predicted molar refractivity (Wildman–Crippen MR) is 107 cm³/mol. The van der Waals surface area contributed by atoms with Crippen LogP contribution in [-0.2, 0) is 12.8 Å². The quantitative estimate of drug-likeness (QED) is 0.819. The monoisotopic (exact) mass is 388 g/mol. The number of hydrogen-bond acceptors (Lipinski definition) is 6. The lowest BCUT2D eigenvalue weighted by Crippen LogP contribution is -2.18. The van der Waals surface area contributed by atoms with E-state index in [1.54, 1.807) is 13.2 Å². The summed E-state index contributed by atoms with van der Waals surface area (Å²) in [5.41, 5.74) is 3.16. The van der Waals surface area contributed by atoms with E-state index in [0.29, 0.717) is 34.5 Å². The Morgan fingerprint density at radius 2 is 1.25 bits per heavy atom. The fourth-order valence-electron chi connectivity index (χ4n) is 4.07. The molecule has 2 N–H and O–H groups in total. The lowest BCUT2D eigenvalue weighted by Gasteiger charge is -2.29. The molecule has 2 aromatic rings. The summed E-state index contributed by atoms with van der Waals surface area (Å²) >= 11 is 0. The van der Waals surface area contributed by atoms with E-state index in [-0.39, 0.29) is 23.0 Å². The summed E-state index contributed by atoms with van der Waals surface area (Å²) < 4.78 is 21.9. The Kier molecular flexibility index (Phi) is 5.49. The molecule has 0 aromatic heterocycles. The number of rotatable bonds is 4. The van der Waals surface area contributed by atoms with Gasteiger partial charge in [-0.05, 0) is 47.9 Å². The fourth-order valence-corrected chi connectivity index (χ4v) is 4.07. The average molecular weight is 388 g/mol. The summed E-state index contributed by atoms with van der Waals surface area (Å²) in [5.74, 6) is 2.10. The highest BCUT2D eigenvalue weighted by molar-refractivity contribution is 5.88. The molecule has 6 heteroatoms. The Bertz CT molecular complexity index is 888. The van der Waals surface area contributed by atoms with Crippen molar-refractivity contribution >= 4 is 0 Å². The molecule has 0 saturated heterocycles. The van der Waals surface area contributed by atoms with Crippen molar-refractivity contribution in [3.63, 3.8) is 0 Å². The highest BCUT2D eigenvalue weighted by atomic mass is 16.5. The van der Waals surface area contributed by atoms with Crippen molar-refractivity contribution in [2.75, 3.05) is 28.4 Å². The minimum absolute atomic E-state index is 0.00843. The number of ether oxygens (including phenoxy) is 4. The predicted octanol–water partition coefficient (Wildman–Crippen LogP) is 4.17. The standard InChI is InChI=1S/C22H28O6/c1-11-7-13-9-15(23)20(26-4)22(28-6)18(13)17-14(8-12(11)2)10-16(25-3)21(27-5)19(17)24/h9-12,23-24H,7-8H2,1-6H3/t11-,12+/m1/s1. The van der Waals surface area contributed by atoms with E-state index >= 15 is 0 Å². The smallest absolute Gasteiger partial charge is 0.203 e. The van der Waals surface area contributed by atoms with Gasteiger partial charge in [0.1, 0.15) is 0 Å². The largest absolute Gasteiger partial charge is 0.504 e. The highest BCUT2D eigenvalue weighted by Gasteiger charge is 2.32. The number of fused-ring (bicyclic) bond motifs is 3. The summed E-state index contributed by atoms with van der Waals surface area (Å²) in [4.78, 5) is 0. The molecule has 2 aromatic carbocycles. The number of benzene rings is 2. The van der Waals surface area contributed by atoms with Crippen LogP contribution in [0.2, 0.25) is 0 Å². The SMILES string of the molecule is COc1cc2c(c(O)c1OC)-c1c(cc(O)c(OC)c1OC)C[C@@H](C)[C@@H](C)C2. The first-order valence-corrected chi connectivity index (χ1v) is 9.31. The molecule has 0 unspecified atom stereocenters. The zero-order chi connectivity index (χ0) is 20.6.